The first kappa shape index (κ1) is 94.5. The van der Waals surface area contributed by atoms with Gasteiger partial charge >= 0.3 is 39.5 Å². The minimum atomic E-state index is -4.97. The van der Waals surface area contributed by atoms with Gasteiger partial charge in [-0.3, -0.25) is 37.3 Å². The average molecular weight is 1420 g/mol. The summed E-state index contributed by atoms with van der Waals surface area (Å²) < 4.78 is 68.5. The number of carbonyl (C=O) groups excluding carboxylic acids is 4. The zero-order valence-corrected chi connectivity index (χ0v) is 64.8. The highest BCUT2D eigenvalue weighted by molar-refractivity contribution is 7.47. The summed E-state index contributed by atoms with van der Waals surface area (Å²) in [5.74, 6) is 0.187. The summed E-state index contributed by atoms with van der Waals surface area (Å²) in [4.78, 5) is 72.9. The number of rotatable bonds is 74. The van der Waals surface area contributed by atoms with Gasteiger partial charge in [0.2, 0.25) is 0 Å². The van der Waals surface area contributed by atoms with Crippen molar-refractivity contribution in [2.24, 2.45) is 17.8 Å². The number of phosphoric ester groups is 2. The Labute approximate surface area is 592 Å². The van der Waals surface area contributed by atoms with Gasteiger partial charge in [-0.2, -0.15) is 0 Å². The summed E-state index contributed by atoms with van der Waals surface area (Å²) in [6.45, 7) is 11.9. The van der Waals surface area contributed by atoms with Crippen LogP contribution < -0.4 is 0 Å². The molecule has 0 saturated carbocycles. The van der Waals surface area contributed by atoms with Crippen LogP contribution in [0.3, 0.4) is 0 Å². The lowest BCUT2D eigenvalue weighted by Crippen LogP contribution is -2.30. The number of unbranched alkanes of at least 4 members (excludes halogenated alkanes) is 37. The van der Waals surface area contributed by atoms with Crippen molar-refractivity contribution in [1.82, 2.24) is 0 Å². The summed E-state index contributed by atoms with van der Waals surface area (Å²) in [6.07, 6.45) is 57.6. The van der Waals surface area contributed by atoms with Gasteiger partial charge in [0.1, 0.15) is 19.3 Å². The van der Waals surface area contributed by atoms with E-state index in [1.165, 1.54) is 167 Å². The third kappa shape index (κ3) is 69.1. The van der Waals surface area contributed by atoms with Crippen molar-refractivity contribution in [1.29, 1.82) is 0 Å². The number of hydrogen-bond acceptors (Lipinski definition) is 15. The molecule has 0 saturated heterocycles. The molecule has 7 atom stereocenters. The SMILES string of the molecule is CCCCCC/C=C\C=C/CCCCCCCC(=O)O[C@H](COC(=O)CCCCCCCCC(C)CC)COP(=O)(O)OC[C@H](O)COP(=O)(O)OC[C@@H](COC(=O)CCCCCCCCCCCCCCCCCC(C)C)OC(=O)CCCCCCCCCCCCC(C)CC. The van der Waals surface area contributed by atoms with Crippen LogP contribution in [-0.2, 0) is 65.4 Å². The topological polar surface area (TPSA) is 237 Å². The number of hydrogen-bond donors (Lipinski definition) is 3. The van der Waals surface area contributed by atoms with Gasteiger partial charge in [0.15, 0.2) is 12.2 Å². The van der Waals surface area contributed by atoms with Crippen molar-refractivity contribution >= 4 is 39.5 Å². The smallest absolute Gasteiger partial charge is 0.462 e. The Morgan fingerprint density at radius 1 is 0.340 bits per heavy atom. The Bertz CT molecular complexity index is 1990. The van der Waals surface area contributed by atoms with E-state index in [1.807, 2.05) is 0 Å². The molecule has 0 aliphatic heterocycles. The Balaban J connectivity index is 5.28. The zero-order valence-electron chi connectivity index (χ0n) is 63.0. The lowest BCUT2D eigenvalue weighted by Gasteiger charge is -2.21. The molecule has 0 heterocycles. The molecule has 572 valence electrons. The molecule has 17 nitrogen and oxygen atoms in total. The fourth-order valence-corrected chi connectivity index (χ4v) is 12.9. The van der Waals surface area contributed by atoms with Gasteiger partial charge in [-0.25, -0.2) is 9.13 Å². The Kier molecular flexibility index (Phi) is 66.3. The molecule has 0 amide bonds. The molecular weight excluding hydrogens is 1270 g/mol. The van der Waals surface area contributed by atoms with Crippen LogP contribution in [0.5, 0.6) is 0 Å². The predicted molar refractivity (Wildman–Crippen MR) is 395 cm³/mol. The van der Waals surface area contributed by atoms with Gasteiger partial charge in [-0.05, 0) is 69.1 Å². The van der Waals surface area contributed by atoms with Gasteiger partial charge < -0.3 is 33.8 Å². The highest BCUT2D eigenvalue weighted by atomic mass is 31.2. The Morgan fingerprint density at radius 2 is 0.608 bits per heavy atom. The molecule has 0 aliphatic rings. The molecule has 0 spiro atoms. The third-order valence-corrected chi connectivity index (χ3v) is 20.1. The van der Waals surface area contributed by atoms with Crippen LogP contribution in [0.1, 0.15) is 376 Å². The largest absolute Gasteiger partial charge is 0.472 e. The zero-order chi connectivity index (χ0) is 71.6. The predicted octanol–water partition coefficient (Wildman–Crippen LogP) is 22.5. The molecule has 19 heteroatoms. The molecule has 3 N–H and O–H groups in total. The second-order valence-corrected chi connectivity index (χ2v) is 31.3. The van der Waals surface area contributed by atoms with Crippen LogP contribution in [0.2, 0.25) is 0 Å². The van der Waals surface area contributed by atoms with E-state index in [-0.39, 0.29) is 25.7 Å². The van der Waals surface area contributed by atoms with E-state index in [1.54, 1.807) is 0 Å². The number of phosphoric acid groups is 2. The van der Waals surface area contributed by atoms with E-state index in [4.69, 9.17) is 37.0 Å². The highest BCUT2D eigenvalue weighted by Gasteiger charge is 2.30. The van der Waals surface area contributed by atoms with Crippen molar-refractivity contribution in [2.75, 3.05) is 39.6 Å². The van der Waals surface area contributed by atoms with Crippen LogP contribution in [0.25, 0.3) is 0 Å². The van der Waals surface area contributed by atoms with Crippen molar-refractivity contribution in [2.45, 2.75) is 394 Å². The second kappa shape index (κ2) is 68.0. The van der Waals surface area contributed by atoms with E-state index in [0.29, 0.717) is 25.7 Å². The van der Waals surface area contributed by atoms with Crippen molar-refractivity contribution in [3.8, 4) is 0 Å². The molecule has 0 aliphatic carbocycles. The highest BCUT2D eigenvalue weighted by Crippen LogP contribution is 2.45. The molecule has 4 unspecified atom stereocenters. The van der Waals surface area contributed by atoms with E-state index < -0.39 is 97.5 Å². The first-order valence-electron chi connectivity index (χ1n) is 39.7. The quantitative estimate of drug-likeness (QED) is 0.0169. The molecule has 0 bridgehead atoms. The van der Waals surface area contributed by atoms with E-state index in [9.17, 15) is 43.2 Å². The number of allylic oxidation sites excluding steroid dienone is 4. The fraction of sp³-hybridized carbons (Fsp3) is 0.897. The molecule has 0 aromatic rings. The van der Waals surface area contributed by atoms with Crippen LogP contribution >= 0.6 is 15.6 Å². The molecule has 97 heavy (non-hydrogen) atoms. The third-order valence-electron chi connectivity index (χ3n) is 18.2. The lowest BCUT2D eigenvalue weighted by atomic mass is 9.99. The maximum Gasteiger partial charge on any atom is 0.472 e. The van der Waals surface area contributed by atoms with Gasteiger partial charge in [-0.1, -0.05) is 323 Å². The van der Waals surface area contributed by atoms with Gasteiger partial charge in [0.05, 0.1) is 26.4 Å². The first-order chi connectivity index (χ1) is 46.8. The van der Waals surface area contributed by atoms with Crippen LogP contribution in [0, 0.1) is 17.8 Å². The molecule has 0 rings (SSSR count). The van der Waals surface area contributed by atoms with Crippen molar-refractivity contribution < 1.29 is 80.2 Å². The van der Waals surface area contributed by atoms with Crippen LogP contribution in [0.15, 0.2) is 24.3 Å². The van der Waals surface area contributed by atoms with Gasteiger partial charge in [0, 0.05) is 25.7 Å². The summed E-state index contributed by atoms with van der Waals surface area (Å²) in [5, 5.41) is 10.6. The normalized spacial score (nSPS) is 14.8. The first-order valence-corrected chi connectivity index (χ1v) is 42.7. The summed E-state index contributed by atoms with van der Waals surface area (Å²) >= 11 is 0. The molecule has 0 aromatic carbocycles. The Hall–Kier alpha value is -2.46. The maximum absolute atomic E-state index is 13.1. The van der Waals surface area contributed by atoms with Crippen LogP contribution in [-0.4, -0.2) is 96.7 Å². The minimum absolute atomic E-state index is 0.0839. The standard InChI is InChI=1S/C78H148O17P2/c1-8-11-12-13-14-15-16-17-19-24-27-33-38-47-54-61-77(82)95-74(66-89-76(81)60-53-46-41-40-44-51-58-71(7)10-3)68-93-97(86,87)91-64-72(79)63-90-96(84,85)92-67-73(94-78(83)62-55-48-39-34-29-28-31-36-43-50-57-70(6)9-2)65-88-75(80)59-52-45-37-32-26-23-21-18-20-22-25-30-35-42-49-56-69(4)5/h15-17,19,69-74,79H,8-14,18,20-68H2,1-7H3,(H,84,85)(H,86,87)/b16-15-,19-17-/t70?,71?,72-,73-,74-/m1/s1. The molecule has 0 fully saturated rings. The van der Waals surface area contributed by atoms with Crippen LogP contribution in [0.4, 0.5) is 0 Å². The lowest BCUT2D eigenvalue weighted by molar-refractivity contribution is -0.161. The molecule has 0 radical (unpaired) electrons. The number of esters is 4. The van der Waals surface area contributed by atoms with E-state index >= 15 is 0 Å². The maximum atomic E-state index is 13.1. The number of carbonyl (C=O) groups is 4. The number of ether oxygens (including phenoxy) is 4. The summed E-state index contributed by atoms with van der Waals surface area (Å²) in [7, 11) is -9.93. The van der Waals surface area contributed by atoms with E-state index in [0.717, 1.165) is 127 Å². The van der Waals surface area contributed by atoms with E-state index in [2.05, 4.69) is 72.8 Å². The number of aliphatic hydroxyl groups is 1. The van der Waals surface area contributed by atoms with Gasteiger partial charge in [0.25, 0.3) is 0 Å². The minimum Gasteiger partial charge on any atom is -0.462 e. The molecular formula is C78H148O17P2. The van der Waals surface area contributed by atoms with Crippen molar-refractivity contribution in [3.63, 3.8) is 0 Å². The average Bonchev–Trinajstić information content (AvgIpc) is 1.92. The Morgan fingerprint density at radius 3 is 0.918 bits per heavy atom. The molecule has 0 aromatic heterocycles. The monoisotopic (exact) mass is 1420 g/mol. The summed E-state index contributed by atoms with van der Waals surface area (Å²) in [6, 6.07) is 0. The summed E-state index contributed by atoms with van der Waals surface area (Å²) in [5.41, 5.74) is 0. The number of aliphatic hydroxyl groups excluding tert-OH is 1. The van der Waals surface area contributed by atoms with Crippen molar-refractivity contribution in [3.05, 3.63) is 24.3 Å². The second-order valence-electron chi connectivity index (χ2n) is 28.4. The van der Waals surface area contributed by atoms with Gasteiger partial charge in [-0.15, -0.1) is 0 Å². The fourth-order valence-electron chi connectivity index (χ4n) is 11.4.